The third-order valence-electron chi connectivity index (χ3n) is 1.37. The van der Waals surface area contributed by atoms with Gasteiger partial charge in [-0.3, -0.25) is 9.59 Å². The first-order chi connectivity index (χ1) is 10.5. The van der Waals surface area contributed by atoms with E-state index in [1.807, 2.05) is 64.1 Å². The SMILES string of the molecule is C.CC.CC.CC(=O)NCN.CC(=O)NCN.c1ccccc1. The van der Waals surface area contributed by atoms with E-state index in [1.54, 1.807) is 0 Å². The van der Waals surface area contributed by atoms with Gasteiger partial charge in [-0.1, -0.05) is 71.5 Å². The Morgan fingerprint density at radius 3 is 0.913 bits per heavy atom. The fraction of sp³-hybridized carbons (Fsp3) is 0.529. The zero-order chi connectivity index (χ0) is 18.2. The molecule has 1 aromatic rings. The van der Waals surface area contributed by atoms with E-state index in [1.165, 1.54) is 13.8 Å². The molecule has 1 aromatic carbocycles. The van der Waals surface area contributed by atoms with Crippen molar-refractivity contribution in [3.05, 3.63) is 36.4 Å². The van der Waals surface area contributed by atoms with Crippen LogP contribution in [0.1, 0.15) is 49.0 Å². The second-order valence-corrected chi connectivity index (χ2v) is 3.03. The Balaban J connectivity index is -0.0000000622. The molecule has 0 aliphatic carbocycles. The van der Waals surface area contributed by atoms with Crippen LogP contribution in [0.5, 0.6) is 0 Å². The molecule has 2 amide bonds. The molecule has 6 heteroatoms. The zero-order valence-electron chi connectivity index (χ0n) is 14.8. The van der Waals surface area contributed by atoms with Gasteiger partial charge in [-0.25, -0.2) is 0 Å². The average Bonchev–Trinajstić information content (AvgIpc) is 2.54. The number of carbonyl (C=O) groups excluding carboxylic acids is 2. The molecule has 0 bridgehead atoms. The van der Waals surface area contributed by atoms with Gasteiger partial charge >= 0.3 is 0 Å². The van der Waals surface area contributed by atoms with Crippen LogP contribution in [-0.2, 0) is 9.59 Å². The van der Waals surface area contributed by atoms with Crippen LogP contribution in [-0.4, -0.2) is 25.2 Å². The fourth-order valence-corrected chi connectivity index (χ4v) is 0.672. The highest BCUT2D eigenvalue weighted by Gasteiger charge is 1.79. The molecule has 0 radical (unpaired) electrons. The Kier molecular flexibility index (Phi) is 52.7. The molecule has 0 aliphatic heterocycles. The highest BCUT2D eigenvalue weighted by molar-refractivity contribution is 5.72. The first-order valence-corrected chi connectivity index (χ1v) is 7.43. The van der Waals surface area contributed by atoms with E-state index in [4.69, 9.17) is 11.5 Å². The van der Waals surface area contributed by atoms with Gasteiger partial charge < -0.3 is 22.1 Å². The van der Waals surface area contributed by atoms with Crippen molar-refractivity contribution in [1.29, 1.82) is 0 Å². The summed E-state index contributed by atoms with van der Waals surface area (Å²) in [6, 6.07) is 12.0. The van der Waals surface area contributed by atoms with E-state index in [2.05, 4.69) is 10.6 Å². The van der Waals surface area contributed by atoms with Gasteiger partial charge in [0.2, 0.25) is 11.8 Å². The van der Waals surface area contributed by atoms with Crippen LogP contribution in [0.2, 0.25) is 0 Å². The predicted octanol–water partition coefficient (Wildman–Crippen LogP) is 2.45. The van der Waals surface area contributed by atoms with Crippen molar-refractivity contribution in [1.82, 2.24) is 10.6 Å². The van der Waals surface area contributed by atoms with Crippen molar-refractivity contribution in [3.63, 3.8) is 0 Å². The smallest absolute Gasteiger partial charge is 0.217 e. The standard InChI is InChI=1S/C6H6.2C3H8N2O.2C2H6.CH4/c1-2-4-6-5-3-1;2*1-3(6)5-2-4;2*1-2;/h1-6H;2*2,4H2,1H3,(H,5,6);2*1-2H3;1H4. The molecule has 0 heterocycles. The summed E-state index contributed by atoms with van der Waals surface area (Å²) < 4.78 is 0. The number of hydrogen-bond acceptors (Lipinski definition) is 4. The van der Waals surface area contributed by atoms with E-state index in [0.717, 1.165) is 0 Å². The van der Waals surface area contributed by atoms with E-state index in [9.17, 15) is 9.59 Å². The van der Waals surface area contributed by atoms with Gasteiger partial charge in [0, 0.05) is 13.8 Å². The lowest BCUT2D eigenvalue weighted by Gasteiger charge is -1.89. The summed E-state index contributed by atoms with van der Waals surface area (Å²) in [6.07, 6.45) is 0. The highest BCUT2D eigenvalue weighted by atomic mass is 16.2. The van der Waals surface area contributed by atoms with Crippen molar-refractivity contribution >= 4 is 11.8 Å². The number of hydrogen-bond donors (Lipinski definition) is 4. The molecule has 0 spiro atoms. The number of nitrogens with two attached hydrogens (primary N) is 2. The van der Waals surface area contributed by atoms with E-state index in [0.29, 0.717) is 0 Å². The van der Waals surface area contributed by atoms with Crippen LogP contribution >= 0.6 is 0 Å². The van der Waals surface area contributed by atoms with Crippen molar-refractivity contribution in [2.24, 2.45) is 11.5 Å². The van der Waals surface area contributed by atoms with Gasteiger partial charge in [0.15, 0.2) is 0 Å². The summed E-state index contributed by atoms with van der Waals surface area (Å²) in [7, 11) is 0. The number of carbonyl (C=O) groups is 2. The topological polar surface area (TPSA) is 110 Å². The second-order valence-electron chi connectivity index (χ2n) is 3.03. The lowest BCUT2D eigenvalue weighted by atomic mass is 10.4. The Bertz CT molecular complexity index is 264. The number of nitrogens with one attached hydrogen (secondary N) is 2. The Labute approximate surface area is 143 Å². The summed E-state index contributed by atoms with van der Waals surface area (Å²) in [5, 5.41) is 4.69. The van der Waals surface area contributed by atoms with Gasteiger partial charge in [-0.2, -0.15) is 0 Å². The summed E-state index contributed by atoms with van der Waals surface area (Å²) in [5.74, 6) is -0.171. The molecule has 0 unspecified atom stereocenters. The maximum Gasteiger partial charge on any atom is 0.217 e. The summed E-state index contributed by atoms with van der Waals surface area (Å²) in [6.45, 7) is 11.3. The first kappa shape index (κ1) is 32.9. The molecule has 0 atom stereocenters. The van der Waals surface area contributed by atoms with E-state index < -0.39 is 0 Å². The molecule has 0 saturated heterocycles. The molecule has 0 saturated carbocycles. The third-order valence-corrected chi connectivity index (χ3v) is 1.37. The van der Waals surface area contributed by atoms with E-state index >= 15 is 0 Å². The maximum atomic E-state index is 9.85. The minimum absolute atomic E-state index is 0. The first-order valence-electron chi connectivity index (χ1n) is 7.43. The average molecular weight is 331 g/mol. The van der Waals surface area contributed by atoms with Crippen LogP contribution < -0.4 is 22.1 Å². The van der Waals surface area contributed by atoms with Crippen LogP contribution in [0.25, 0.3) is 0 Å². The Morgan fingerprint density at radius 2 is 0.870 bits per heavy atom. The lowest BCUT2D eigenvalue weighted by Crippen LogP contribution is -2.26. The molecule has 138 valence electrons. The van der Waals surface area contributed by atoms with Crippen molar-refractivity contribution in [2.75, 3.05) is 13.3 Å². The number of amides is 2. The molecule has 0 aromatic heterocycles. The second kappa shape index (κ2) is 36.9. The fourth-order valence-electron chi connectivity index (χ4n) is 0.672. The van der Waals surface area contributed by atoms with E-state index in [-0.39, 0.29) is 32.6 Å². The quantitative estimate of drug-likeness (QED) is 0.624. The molecule has 6 N–H and O–H groups in total. The van der Waals surface area contributed by atoms with Crippen LogP contribution in [0.15, 0.2) is 36.4 Å². The molecule has 6 nitrogen and oxygen atoms in total. The molecular weight excluding hydrogens is 292 g/mol. The summed E-state index contributed by atoms with van der Waals surface area (Å²) in [5.41, 5.74) is 9.80. The predicted molar refractivity (Wildman–Crippen MR) is 102 cm³/mol. The molecule has 23 heavy (non-hydrogen) atoms. The highest BCUT2D eigenvalue weighted by Crippen LogP contribution is 1.79. The summed E-state index contributed by atoms with van der Waals surface area (Å²) >= 11 is 0. The lowest BCUT2D eigenvalue weighted by molar-refractivity contribution is -0.119. The third kappa shape index (κ3) is 64.6. The van der Waals surface area contributed by atoms with Gasteiger partial charge in [0.05, 0.1) is 13.3 Å². The molecule has 0 aliphatic rings. The van der Waals surface area contributed by atoms with Crippen LogP contribution in [0.3, 0.4) is 0 Å². The zero-order valence-corrected chi connectivity index (χ0v) is 14.8. The van der Waals surface area contributed by atoms with Gasteiger partial charge in [0.25, 0.3) is 0 Å². The molecular formula is C17H38N4O2. The van der Waals surface area contributed by atoms with Gasteiger partial charge in [-0.05, 0) is 0 Å². The van der Waals surface area contributed by atoms with Gasteiger partial charge in [-0.15, -0.1) is 0 Å². The number of rotatable bonds is 2. The summed E-state index contributed by atoms with van der Waals surface area (Å²) in [4.78, 5) is 19.7. The van der Waals surface area contributed by atoms with Crippen LogP contribution in [0, 0.1) is 0 Å². The molecule has 1 rings (SSSR count). The van der Waals surface area contributed by atoms with Gasteiger partial charge in [0.1, 0.15) is 0 Å². The molecule has 0 fully saturated rings. The van der Waals surface area contributed by atoms with Crippen LogP contribution in [0.4, 0.5) is 0 Å². The maximum absolute atomic E-state index is 9.85. The minimum atomic E-state index is -0.0856. The minimum Gasteiger partial charge on any atom is -0.344 e. The largest absolute Gasteiger partial charge is 0.344 e. The normalized spacial score (nSPS) is 6.61. The monoisotopic (exact) mass is 330 g/mol. The number of benzene rings is 1. The van der Waals surface area contributed by atoms with Crippen molar-refractivity contribution < 1.29 is 9.59 Å². The van der Waals surface area contributed by atoms with Crippen molar-refractivity contribution in [2.45, 2.75) is 49.0 Å². The Hall–Kier alpha value is -1.92. The Morgan fingerprint density at radius 1 is 0.696 bits per heavy atom. The van der Waals surface area contributed by atoms with Crippen molar-refractivity contribution in [3.8, 4) is 0 Å².